The van der Waals surface area contributed by atoms with E-state index in [1.807, 2.05) is 30.3 Å². The van der Waals surface area contributed by atoms with E-state index in [0.717, 1.165) is 31.7 Å². The van der Waals surface area contributed by atoms with Crippen molar-refractivity contribution >= 4 is 11.6 Å². The maximum Gasteiger partial charge on any atom is 0.197 e. The van der Waals surface area contributed by atoms with Gasteiger partial charge in [-0.3, -0.25) is 4.79 Å². The molecule has 1 aliphatic heterocycles. The number of nitrogens with zero attached hydrogens (tertiary/aromatic N) is 3. The van der Waals surface area contributed by atoms with Gasteiger partial charge in [-0.25, -0.2) is 4.63 Å². The number of piperidine rings is 1. The van der Waals surface area contributed by atoms with Gasteiger partial charge in [0.1, 0.15) is 5.69 Å². The van der Waals surface area contributed by atoms with Gasteiger partial charge in [0.2, 0.25) is 0 Å². The van der Waals surface area contributed by atoms with Crippen LogP contribution in [0.2, 0.25) is 0 Å². The molecule has 0 N–H and O–H groups in total. The van der Waals surface area contributed by atoms with Gasteiger partial charge in [0.05, 0.1) is 6.42 Å². The van der Waals surface area contributed by atoms with Gasteiger partial charge < -0.3 is 4.90 Å². The predicted octanol–water partition coefficient (Wildman–Crippen LogP) is 2.49. The van der Waals surface area contributed by atoms with Crippen LogP contribution >= 0.6 is 0 Å². The highest BCUT2D eigenvalue weighted by Gasteiger charge is 2.21. The number of carbonyl (C=O) groups is 1. The van der Waals surface area contributed by atoms with E-state index in [1.165, 1.54) is 6.42 Å². The Labute approximate surface area is 117 Å². The van der Waals surface area contributed by atoms with Crippen molar-refractivity contribution in [3.05, 3.63) is 41.6 Å². The maximum atomic E-state index is 12.2. The highest BCUT2D eigenvalue weighted by Crippen LogP contribution is 2.22. The molecule has 5 heteroatoms. The molecule has 0 bridgehead atoms. The zero-order valence-electron chi connectivity index (χ0n) is 11.3. The summed E-state index contributed by atoms with van der Waals surface area (Å²) in [5.41, 5.74) is 1.33. The summed E-state index contributed by atoms with van der Waals surface area (Å²) in [5.74, 6) is 0.772. The lowest BCUT2D eigenvalue weighted by atomic mass is 10.1. The van der Waals surface area contributed by atoms with Crippen molar-refractivity contribution in [1.82, 2.24) is 10.3 Å². The second-order valence-electron chi connectivity index (χ2n) is 5.05. The number of ketones is 1. The molecule has 3 rings (SSSR count). The Bertz CT molecular complexity index is 574. The lowest BCUT2D eigenvalue weighted by Gasteiger charge is -2.26. The summed E-state index contributed by atoms with van der Waals surface area (Å²) in [6.07, 6.45) is 3.79. The van der Waals surface area contributed by atoms with Crippen molar-refractivity contribution in [2.24, 2.45) is 0 Å². The van der Waals surface area contributed by atoms with Crippen molar-refractivity contribution in [3.63, 3.8) is 0 Å². The summed E-state index contributed by atoms with van der Waals surface area (Å²) < 4.78 is 4.84. The van der Waals surface area contributed by atoms with Gasteiger partial charge in [0.15, 0.2) is 11.6 Å². The van der Waals surface area contributed by atoms with E-state index in [2.05, 4.69) is 15.2 Å². The minimum Gasteiger partial charge on any atom is -0.352 e. The van der Waals surface area contributed by atoms with Crippen LogP contribution in [0.3, 0.4) is 0 Å². The zero-order valence-corrected chi connectivity index (χ0v) is 11.3. The first kappa shape index (κ1) is 12.8. The first-order valence-corrected chi connectivity index (χ1v) is 6.99. The summed E-state index contributed by atoms with van der Waals surface area (Å²) in [6, 6.07) is 9.25. The minimum absolute atomic E-state index is 0.0413. The molecule has 1 aliphatic rings. The van der Waals surface area contributed by atoms with Gasteiger partial charge in [-0.15, -0.1) is 0 Å². The normalized spacial score (nSPS) is 15.3. The zero-order chi connectivity index (χ0) is 13.8. The Morgan fingerprint density at radius 1 is 1.10 bits per heavy atom. The average molecular weight is 271 g/mol. The Kier molecular flexibility index (Phi) is 3.76. The lowest BCUT2D eigenvalue weighted by molar-refractivity contribution is 0.0990. The van der Waals surface area contributed by atoms with E-state index in [4.69, 9.17) is 4.63 Å². The Balaban J connectivity index is 1.75. The van der Waals surface area contributed by atoms with Crippen LogP contribution < -0.4 is 4.90 Å². The number of anilines is 1. The molecule has 0 amide bonds. The molecule has 1 saturated heterocycles. The third kappa shape index (κ3) is 2.71. The number of rotatable bonds is 4. The molecular weight excluding hydrogens is 254 g/mol. The number of benzene rings is 1. The van der Waals surface area contributed by atoms with Crippen molar-refractivity contribution in [2.45, 2.75) is 25.7 Å². The molecule has 0 atom stereocenters. The van der Waals surface area contributed by atoms with E-state index >= 15 is 0 Å². The van der Waals surface area contributed by atoms with Crippen LogP contribution in [-0.4, -0.2) is 29.2 Å². The van der Waals surface area contributed by atoms with Gasteiger partial charge >= 0.3 is 0 Å². The van der Waals surface area contributed by atoms with E-state index in [0.29, 0.717) is 11.3 Å². The summed E-state index contributed by atoms with van der Waals surface area (Å²) in [7, 11) is 0. The van der Waals surface area contributed by atoms with Crippen LogP contribution in [-0.2, 0) is 6.42 Å². The third-order valence-electron chi connectivity index (χ3n) is 3.62. The molecule has 2 heterocycles. The summed E-state index contributed by atoms with van der Waals surface area (Å²) in [4.78, 5) is 14.4. The number of hydrogen-bond acceptors (Lipinski definition) is 5. The first-order valence-electron chi connectivity index (χ1n) is 6.99. The first-order chi connectivity index (χ1) is 9.84. The maximum absolute atomic E-state index is 12.2. The van der Waals surface area contributed by atoms with Crippen LogP contribution in [0, 0.1) is 0 Å². The standard InChI is InChI=1S/C15H17N3O2/c19-14(12-7-3-1-4-8-12)11-13-15(17-20-16-13)18-9-5-2-6-10-18/h1,3-4,7-8H,2,5-6,9-11H2. The molecular formula is C15H17N3O2. The molecule has 0 unspecified atom stereocenters. The molecule has 0 saturated carbocycles. The van der Waals surface area contributed by atoms with E-state index in [1.54, 1.807) is 0 Å². The molecule has 0 radical (unpaired) electrons. The Morgan fingerprint density at radius 3 is 2.60 bits per heavy atom. The number of Topliss-reactive ketones (excluding diaryl/α,β-unsaturated/α-hetero) is 1. The molecule has 1 fully saturated rings. The molecule has 1 aromatic carbocycles. The highest BCUT2D eigenvalue weighted by atomic mass is 16.6. The van der Waals surface area contributed by atoms with Crippen molar-refractivity contribution in [2.75, 3.05) is 18.0 Å². The second kappa shape index (κ2) is 5.86. The number of hydrogen-bond donors (Lipinski definition) is 0. The average Bonchev–Trinajstić information content (AvgIpc) is 2.97. The van der Waals surface area contributed by atoms with E-state index in [-0.39, 0.29) is 12.2 Å². The third-order valence-corrected chi connectivity index (χ3v) is 3.62. The quantitative estimate of drug-likeness (QED) is 0.799. The summed E-state index contributed by atoms with van der Waals surface area (Å²) in [5, 5.41) is 7.88. The molecule has 0 aliphatic carbocycles. The smallest absolute Gasteiger partial charge is 0.197 e. The van der Waals surface area contributed by atoms with Gasteiger partial charge in [-0.1, -0.05) is 35.5 Å². The van der Waals surface area contributed by atoms with E-state index < -0.39 is 0 Å². The molecule has 0 spiro atoms. The fourth-order valence-corrected chi connectivity index (χ4v) is 2.54. The summed E-state index contributed by atoms with van der Waals surface area (Å²) in [6.45, 7) is 1.92. The molecule has 104 valence electrons. The van der Waals surface area contributed by atoms with Crippen LogP contribution in [0.1, 0.15) is 35.3 Å². The van der Waals surface area contributed by atoms with Crippen LogP contribution in [0.5, 0.6) is 0 Å². The monoisotopic (exact) mass is 271 g/mol. The number of carbonyl (C=O) groups excluding carboxylic acids is 1. The van der Waals surface area contributed by atoms with Gasteiger partial charge in [0, 0.05) is 18.7 Å². The van der Waals surface area contributed by atoms with Gasteiger partial charge in [-0.2, -0.15) is 0 Å². The Hall–Kier alpha value is -2.17. The van der Waals surface area contributed by atoms with Gasteiger partial charge in [-0.05, 0) is 24.4 Å². The predicted molar refractivity (Wildman–Crippen MR) is 74.8 cm³/mol. The van der Waals surface area contributed by atoms with Crippen molar-refractivity contribution < 1.29 is 9.42 Å². The largest absolute Gasteiger partial charge is 0.352 e. The Morgan fingerprint density at radius 2 is 1.85 bits per heavy atom. The van der Waals surface area contributed by atoms with Crippen molar-refractivity contribution in [1.29, 1.82) is 0 Å². The minimum atomic E-state index is 0.0413. The topological polar surface area (TPSA) is 59.2 Å². The fourth-order valence-electron chi connectivity index (χ4n) is 2.54. The SMILES string of the molecule is O=C(Cc1nonc1N1CCCCC1)c1ccccc1. The van der Waals surface area contributed by atoms with Crippen LogP contribution in [0.25, 0.3) is 0 Å². The van der Waals surface area contributed by atoms with Crippen molar-refractivity contribution in [3.8, 4) is 0 Å². The van der Waals surface area contributed by atoms with E-state index in [9.17, 15) is 4.79 Å². The second-order valence-corrected chi connectivity index (χ2v) is 5.05. The van der Waals surface area contributed by atoms with Crippen LogP contribution in [0.4, 0.5) is 5.82 Å². The molecule has 2 aromatic rings. The molecule has 20 heavy (non-hydrogen) atoms. The molecule has 5 nitrogen and oxygen atoms in total. The highest BCUT2D eigenvalue weighted by molar-refractivity contribution is 5.97. The lowest BCUT2D eigenvalue weighted by Crippen LogP contribution is -2.30. The van der Waals surface area contributed by atoms with Crippen LogP contribution in [0.15, 0.2) is 35.0 Å². The van der Waals surface area contributed by atoms with Gasteiger partial charge in [0.25, 0.3) is 0 Å². The summed E-state index contributed by atoms with van der Waals surface area (Å²) >= 11 is 0. The number of aromatic nitrogens is 2. The molecule has 1 aromatic heterocycles. The fraction of sp³-hybridized carbons (Fsp3) is 0.400.